The summed E-state index contributed by atoms with van der Waals surface area (Å²) in [6, 6.07) is 10.5. The predicted octanol–water partition coefficient (Wildman–Crippen LogP) is 2.26. The third kappa shape index (κ3) is 2.59. The first-order valence-electron chi connectivity index (χ1n) is 6.01. The van der Waals surface area contributed by atoms with Crippen LogP contribution in [0.1, 0.15) is 16.2 Å². The molecule has 0 radical (unpaired) electrons. The van der Waals surface area contributed by atoms with Gasteiger partial charge in [-0.05, 0) is 24.3 Å². The SMILES string of the molecule is O=C(NCc1ccccn1)c1cc(-c2ccco2)on1. The molecule has 0 aliphatic heterocycles. The highest BCUT2D eigenvalue weighted by atomic mass is 16.5. The zero-order chi connectivity index (χ0) is 13.8. The third-order valence-corrected chi connectivity index (χ3v) is 2.66. The third-order valence-electron chi connectivity index (χ3n) is 2.66. The van der Waals surface area contributed by atoms with Crippen LogP contribution in [0.15, 0.2) is 57.8 Å². The van der Waals surface area contributed by atoms with Crippen molar-refractivity contribution in [2.24, 2.45) is 0 Å². The van der Waals surface area contributed by atoms with Crippen molar-refractivity contribution in [1.82, 2.24) is 15.5 Å². The molecule has 3 aromatic heterocycles. The quantitative estimate of drug-likeness (QED) is 0.785. The molecular weight excluding hydrogens is 258 g/mol. The zero-order valence-corrected chi connectivity index (χ0v) is 10.4. The zero-order valence-electron chi connectivity index (χ0n) is 10.4. The summed E-state index contributed by atoms with van der Waals surface area (Å²) in [7, 11) is 0. The van der Waals surface area contributed by atoms with Crippen LogP contribution in [0.25, 0.3) is 11.5 Å². The number of pyridine rings is 1. The molecule has 1 N–H and O–H groups in total. The van der Waals surface area contributed by atoms with Crippen molar-refractivity contribution in [3.63, 3.8) is 0 Å². The molecule has 6 heteroatoms. The van der Waals surface area contributed by atoms with Gasteiger partial charge in [0.05, 0.1) is 18.5 Å². The van der Waals surface area contributed by atoms with Crippen LogP contribution in [0.5, 0.6) is 0 Å². The van der Waals surface area contributed by atoms with Crippen LogP contribution in [-0.2, 0) is 6.54 Å². The number of carbonyl (C=O) groups is 1. The summed E-state index contributed by atoms with van der Waals surface area (Å²) in [5, 5.41) is 6.44. The summed E-state index contributed by atoms with van der Waals surface area (Å²) < 4.78 is 10.2. The van der Waals surface area contributed by atoms with Gasteiger partial charge in [0.25, 0.3) is 5.91 Å². The molecule has 0 saturated carbocycles. The van der Waals surface area contributed by atoms with Gasteiger partial charge in [0.1, 0.15) is 0 Å². The second kappa shape index (κ2) is 5.40. The maximum Gasteiger partial charge on any atom is 0.273 e. The molecule has 3 rings (SSSR count). The topological polar surface area (TPSA) is 81.2 Å². The molecule has 0 unspecified atom stereocenters. The van der Waals surface area contributed by atoms with Crippen LogP contribution >= 0.6 is 0 Å². The Morgan fingerprint density at radius 2 is 2.15 bits per heavy atom. The van der Waals surface area contributed by atoms with Gasteiger partial charge in [-0.3, -0.25) is 9.78 Å². The van der Waals surface area contributed by atoms with E-state index in [4.69, 9.17) is 8.94 Å². The molecule has 0 saturated heterocycles. The van der Waals surface area contributed by atoms with Crippen LogP contribution in [0.2, 0.25) is 0 Å². The van der Waals surface area contributed by atoms with Gasteiger partial charge in [0, 0.05) is 12.3 Å². The normalized spacial score (nSPS) is 10.4. The van der Waals surface area contributed by atoms with Crippen LogP contribution in [0, 0.1) is 0 Å². The lowest BCUT2D eigenvalue weighted by Crippen LogP contribution is -2.23. The maximum absolute atomic E-state index is 11.9. The first-order valence-corrected chi connectivity index (χ1v) is 6.01. The minimum Gasteiger partial charge on any atom is -0.461 e. The van der Waals surface area contributed by atoms with Gasteiger partial charge < -0.3 is 14.3 Å². The monoisotopic (exact) mass is 269 g/mol. The summed E-state index contributed by atoms with van der Waals surface area (Å²) in [6.07, 6.45) is 3.20. The van der Waals surface area contributed by atoms with Gasteiger partial charge in [-0.25, -0.2) is 0 Å². The van der Waals surface area contributed by atoms with E-state index in [2.05, 4.69) is 15.5 Å². The number of nitrogens with one attached hydrogen (secondary N) is 1. The van der Waals surface area contributed by atoms with Gasteiger partial charge in [-0.2, -0.15) is 0 Å². The Labute approximate surface area is 114 Å². The molecule has 0 bridgehead atoms. The fourth-order valence-electron chi connectivity index (χ4n) is 1.68. The van der Waals surface area contributed by atoms with Crippen molar-refractivity contribution in [2.45, 2.75) is 6.54 Å². The molecule has 0 spiro atoms. The maximum atomic E-state index is 11.9. The lowest BCUT2D eigenvalue weighted by molar-refractivity contribution is 0.0941. The minimum absolute atomic E-state index is 0.201. The van der Waals surface area contributed by atoms with E-state index in [1.54, 1.807) is 18.3 Å². The molecule has 100 valence electrons. The van der Waals surface area contributed by atoms with Crippen molar-refractivity contribution < 1.29 is 13.7 Å². The van der Waals surface area contributed by atoms with E-state index in [9.17, 15) is 4.79 Å². The lowest BCUT2D eigenvalue weighted by Gasteiger charge is -2.01. The Kier molecular flexibility index (Phi) is 3.28. The van der Waals surface area contributed by atoms with E-state index < -0.39 is 0 Å². The molecular formula is C14H11N3O3. The number of rotatable bonds is 4. The highest BCUT2D eigenvalue weighted by molar-refractivity contribution is 5.92. The summed E-state index contributed by atoms with van der Waals surface area (Å²) in [5.74, 6) is 0.622. The van der Waals surface area contributed by atoms with E-state index in [0.29, 0.717) is 18.1 Å². The number of amides is 1. The number of hydrogen-bond donors (Lipinski definition) is 1. The molecule has 0 aromatic carbocycles. The Morgan fingerprint density at radius 1 is 1.20 bits per heavy atom. The average molecular weight is 269 g/mol. The Morgan fingerprint density at radius 3 is 2.90 bits per heavy atom. The number of carbonyl (C=O) groups excluding carboxylic acids is 1. The van der Waals surface area contributed by atoms with E-state index in [-0.39, 0.29) is 11.6 Å². The average Bonchev–Trinajstić information content (AvgIpc) is 3.16. The Bertz CT molecular complexity index is 690. The predicted molar refractivity (Wildman–Crippen MR) is 69.6 cm³/mol. The fourth-order valence-corrected chi connectivity index (χ4v) is 1.68. The van der Waals surface area contributed by atoms with Crippen molar-refractivity contribution in [3.8, 4) is 11.5 Å². The smallest absolute Gasteiger partial charge is 0.273 e. The van der Waals surface area contributed by atoms with Gasteiger partial charge in [0.15, 0.2) is 11.5 Å². The van der Waals surface area contributed by atoms with Gasteiger partial charge >= 0.3 is 0 Å². The van der Waals surface area contributed by atoms with Crippen LogP contribution in [0.4, 0.5) is 0 Å². The highest BCUT2D eigenvalue weighted by Gasteiger charge is 2.14. The Balaban J connectivity index is 1.66. The van der Waals surface area contributed by atoms with Gasteiger partial charge in [-0.1, -0.05) is 11.2 Å². The summed E-state index contributed by atoms with van der Waals surface area (Å²) in [6.45, 7) is 0.336. The molecule has 20 heavy (non-hydrogen) atoms. The van der Waals surface area contributed by atoms with E-state index >= 15 is 0 Å². The number of furan rings is 1. The number of nitrogens with zero attached hydrogens (tertiary/aromatic N) is 2. The highest BCUT2D eigenvalue weighted by Crippen LogP contribution is 2.20. The van der Waals surface area contributed by atoms with Crippen molar-refractivity contribution in [1.29, 1.82) is 0 Å². The fraction of sp³-hybridized carbons (Fsp3) is 0.0714. The van der Waals surface area contributed by atoms with E-state index in [0.717, 1.165) is 5.69 Å². The molecule has 0 aliphatic carbocycles. The lowest BCUT2D eigenvalue weighted by atomic mass is 10.3. The minimum atomic E-state index is -0.322. The summed E-state index contributed by atoms with van der Waals surface area (Å²) >= 11 is 0. The first-order chi connectivity index (χ1) is 9.83. The molecule has 6 nitrogen and oxygen atoms in total. The molecule has 0 atom stereocenters. The molecule has 0 fully saturated rings. The summed E-state index contributed by atoms with van der Waals surface area (Å²) in [4.78, 5) is 16.0. The van der Waals surface area contributed by atoms with Crippen LogP contribution < -0.4 is 5.32 Å². The molecule has 0 aliphatic rings. The van der Waals surface area contributed by atoms with Crippen molar-refractivity contribution in [3.05, 3.63) is 60.2 Å². The van der Waals surface area contributed by atoms with Gasteiger partial charge in [0.2, 0.25) is 5.76 Å². The van der Waals surface area contributed by atoms with Crippen LogP contribution in [-0.4, -0.2) is 16.0 Å². The molecule has 1 amide bonds. The van der Waals surface area contributed by atoms with Crippen LogP contribution in [0.3, 0.4) is 0 Å². The summed E-state index contributed by atoms with van der Waals surface area (Å²) in [5.41, 5.74) is 0.975. The molecule has 3 heterocycles. The number of hydrogen-bond acceptors (Lipinski definition) is 5. The van der Waals surface area contributed by atoms with Crippen molar-refractivity contribution in [2.75, 3.05) is 0 Å². The Hall–Kier alpha value is -2.89. The first kappa shape index (κ1) is 12.2. The molecule has 3 aromatic rings. The largest absolute Gasteiger partial charge is 0.461 e. The number of aromatic nitrogens is 2. The van der Waals surface area contributed by atoms with Gasteiger partial charge in [-0.15, -0.1) is 0 Å². The standard InChI is InChI=1S/C14H11N3O3/c18-14(16-9-10-4-1-2-6-15-10)11-8-13(20-17-11)12-5-3-7-19-12/h1-8H,9H2,(H,16,18). The second-order valence-electron chi connectivity index (χ2n) is 4.06. The van der Waals surface area contributed by atoms with E-state index in [1.807, 2.05) is 18.2 Å². The van der Waals surface area contributed by atoms with Crippen molar-refractivity contribution >= 4 is 5.91 Å². The van der Waals surface area contributed by atoms with E-state index in [1.165, 1.54) is 12.3 Å². The second-order valence-corrected chi connectivity index (χ2v) is 4.06.